The molecule has 0 aliphatic heterocycles. The standard InChI is InChI=1S/C3H8FN/c1-3(4)5-2/h3,5H,1-2H3/t3-/m0/s1. The molecule has 0 spiro atoms. The normalized spacial score (nSPS) is 15.0. The van der Waals surface area contributed by atoms with Gasteiger partial charge in [-0.25, -0.2) is 4.39 Å². The fourth-order valence-electron chi connectivity index (χ4n) is 0. The van der Waals surface area contributed by atoms with Gasteiger partial charge in [-0.15, -0.1) is 0 Å². The third-order valence-electron chi connectivity index (χ3n) is 0.398. The molecular weight excluding hydrogens is 69.0 g/mol. The van der Waals surface area contributed by atoms with Crippen molar-refractivity contribution in [3.63, 3.8) is 0 Å². The minimum absolute atomic E-state index is 0.866. The van der Waals surface area contributed by atoms with Gasteiger partial charge in [0.05, 0.1) is 0 Å². The summed E-state index contributed by atoms with van der Waals surface area (Å²) in [6.45, 7) is 1.44. The van der Waals surface area contributed by atoms with Crippen molar-refractivity contribution >= 4 is 0 Å². The van der Waals surface area contributed by atoms with Gasteiger partial charge in [0.2, 0.25) is 0 Å². The highest BCUT2D eigenvalue weighted by atomic mass is 19.1. The lowest BCUT2D eigenvalue weighted by Gasteiger charge is -1.90. The van der Waals surface area contributed by atoms with E-state index in [4.69, 9.17) is 0 Å². The van der Waals surface area contributed by atoms with E-state index in [1.165, 1.54) is 6.92 Å². The maximum absolute atomic E-state index is 11.3. The van der Waals surface area contributed by atoms with Crippen LogP contribution in [0, 0.1) is 0 Å². The zero-order valence-electron chi connectivity index (χ0n) is 3.46. The molecule has 0 bridgehead atoms. The predicted octanol–water partition coefficient (Wildman–Crippen LogP) is 0.521. The number of alkyl halides is 1. The zero-order valence-corrected chi connectivity index (χ0v) is 3.46. The van der Waals surface area contributed by atoms with Gasteiger partial charge >= 0.3 is 0 Å². The summed E-state index contributed by atoms with van der Waals surface area (Å²) in [6, 6.07) is 0. The Morgan fingerprint density at radius 2 is 2.00 bits per heavy atom. The first-order valence-corrected chi connectivity index (χ1v) is 1.58. The van der Waals surface area contributed by atoms with Crippen molar-refractivity contribution in [2.75, 3.05) is 7.05 Å². The molecule has 0 aromatic carbocycles. The highest BCUT2D eigenvalue weighted by Crippen LogP contribution is 1.72. The fourth-order valence-corrected chi connectivity index (χ4v) is 0. The Morgan fingerprint density at radius 3 is 2.00 bits per heavy atom. The summed E-state index contributed by atoms with van der Waals surface area (Å²) in [5.41, 5.74) is 0. The van der Waals surface area contributed by atoms with Crippen LogP contribution in [0.3, 0.4) is 0 Å². The topological polar surface area (TPSA) is 12.0 Å². The van der Waals surface area contributed by atoms with Crippen molar-refractivity contribution in [1.29, 1.82) is 0 Å². The number of halogens is 1. The Hall–Kier alpha value is -0.110. The average Bonchev–Trinajstić information content (AvgIpc) is 1.38. The lowest BCUT2D eigenvalue weighted by Crippen LogP contribution is -2.13. The van der Waals surface area contributed by atoms with E-state index < -0.39 is 6.30 Å². The van der Waals surface area contributed by atoms with E-state index in [0.717, 1.165) is 0 Å². The third kappa shape index (κ3) is 3.89. The van der Waals surface area contributed by atoms with Crippen LogP contribution in [0.2, 0.25) is 0 Å². The maximum atomic E-state index is 11.3. The Kier molecular flexibility index (Phi) is 2.10. The number of hydrogen-bond acceptors (Lipinski definition) is 1. The molecule has 1 N–H and O–H groups in total. The van der Waals surface area contributed by atoms with Gasteiger partial charge < -0.3 is 0 Å². The minimum Gasteiger partial charge on any atom is -0.291 e. The SMILES string of the molecule is CN[C@@H](C)F. The van der Waals surface area contributed by atoms with Crippen molar-refractivity contribution in [3.8, 4) is 0 Å². The van der Waals surface area contributed by atoms with E-state index in [1.807, 2.05) is 0 Å². The number of hydrogen-bond donors (Lipinski definition) is 1. The van der Waals surface area contributed by atoms with Crippen molar-refractivity contribution in [3.05, 3.63) is 0 Å². The zero-order chi connectivity index (χ0) is 4.28. The molecule has 0 saturated heterocycles. The van der Waals surface area contributed by atoms with E-state index in [1.54, 1.807) is 7.05 Å². The first-order chi connectivity index (χ1) is 2.27. The second kappa shape index (κ2) is 2.15. The molecule has 0 rings (SSSR count). The molecule has 0 aromatic rings. The first kappa shape index (κ1) is 4.89. The van der Waals surface area contributed by atoms with Gasteiger partial charge in [-0.05, 0) is 14.0 Å². The first-order valence-electron chi connectivity index (χ1n) is 1.58. The summed E-state index contributed by atoms with van der Waals surface area (Å²) < 4.78 is 11.3. The van der Waals surface area contributed by atoms with Gasteiger partial charge in [0.15, 0.2) is 0 Å². The molecule has 0 aromatic heterocycles. The summed E-state index contributed by atoms with van der Waals surface area (Å²) in [5.74, 6) is 0. The van der Waals surface area contributed by atoms with Crippen LogP contribution in [0.25, 0.3) is 0 Å². The van der Waals surface area contributed by atoms with Crippen LogP contribution in [0.5, 0.6) is 0 Å². The van der Waals surface area contributed by atoms with Crippen LogP contribution in [0.15, 0.2) is 0 Å². The molecule has 0 fully saturated rings. The number of nitrogens with one attached hydrogen (secondary N) is 1. The van der Waals surface area contributed by atoms with Gasteiger partial charge in [-0.3, -0.25) is 5.32 Å². The summed E-state index contributed by atoms with van der Waals surface area (Å²) in [7, 11) is 1.57. The van der Waals surface area contributed by atoms with Gasteiger partial charge in [-0.1, -0.05) is 0 Å². The largest absolute Gasteiger partial charge is 0.291 e. The highest BCUT2D eigenvalue weighted by Gasteiger charge is 1.82. The van der Waals surface area contributed by atoms with Gasteiger partial charge in [0.25, 0.3) is 0 Å². The van der Waals surface area contributed by atoms with Crippen molar-refractivity contribution in [1.82, 2.24) is 5.32 Å². The molecule has 1 nitrogen and oxygen atoms in total. The van der Waals surface area contributed by atoms with Crippen LogP contribution in [-0.4, -0.2) is 13.3 Å². The molecule has 0 aliphatic carbocycles. The van der Waals surface area contributed by atoms with E-state index in [-0.39, 0.29) is 0 Å². The Balaban J connectivity index is 2.54. The Bertz CT molecular complexity index is 20.9. The minimum atomic E-state index is -0.866. The molecule has 0 radical (unpaired) electrons. The van der Waals surface area contributed by atoms with E-state index in [2.05, 4.69) is 5.32 Å². The van der Waals surface area contributed by atoms with Gasteiger partial charge in [0.1, 0.15) is 6.30 Å². The van der Waals surface area contributed by atoms with E-state index >= 15 is 0 Å². The molecule has 32 valence electrons. The van der Waals surface area contributed by atoms with E-state index in [9.17, 15) is 4.39 Å². The molecule has 5 heavy (non-hydrogen) atoms. The van der Waals surface area contributed by atoms with Crippen molar-refractivity contribution in [2.45, 2.75) is 13.2 Å². The van der Waals surface area contributed by atoms with Crippen molar-refractivity contribution in [2.24, 2.45) is 0 Å². The van der Waals surface area contributed by atoms with Gasteiger partial charge in [-0.2, -0.15) is 0 Å². The summed E-state index contributed by atoms with van der Waals surface area (Å²) in [5, 5.41) is 2.36. The Morgan fingerprint density at radius 1 is 1.80 bits per heavy atom. The third-order valence-corrected chi connectivity index (χ3v) is 0.398. The van der Waals surface area contributed by atoms with Crippen LogP contribution < -0.4 is 5.32 Å². The fraction of sp³-hybridized carbons (Fsp3) is 1.00. The summed E-state index contributed by atoms with van der Waals surface area (Å²) in [6.07, 6.45) is -0.866. The summed E-state index contributed by atoms with van der Waals surface area (Å²) >= 11 is 0. The van der Waals surface area contributed by atoms with Crippen LogP contribution >= 0.6 is 0 Å². The molecule has 0 amide bonds. The monoisotopic (exact) mass is 77.1 g/mol. The summed E-state index contributed by atoms with van der Waals surface area (Å²) in [4.78, 5) is 0. The lowest BCUT2D eigenvalue weighted by atomic mass is 10.7. The van der Waals surface area contributed by atoms with Crippen molar-refractivity contribution < 1.29 is 4.39 Å². The smallest absolute Gasteiger partial charge is 0.148 e. The predicted molar refractivity (Wildman–Crippen MR) is 19.6 cm³/mol. The van der Waals surface area contributed by atoms with Crippen LogP contribution in [0.4, 0.5) is 4.39 Å². The lowest BCUT2D eigenvalue weighted by molar-refractivity contribution is 0.318. The second-order valence-corrected chi connectivity index (χ2v) is 0.905. The second-order valence-electron chi connectivity index (χ2n) is 0.905. The quantitative estimate of drug-likeness (QED) is 0.450. The molecular formula is C3H8FN. The molecule has 0 heterocycles. The molecule has 1 atom stereocenters. The highest BCUT2D eigenvalue weighted by molar-refractivity contribution is 4.29. The Labute approximate surface area is 31.2 Å². The number of rotatable bonds is 1. The average molecular weight is 77.1 g/mol. The molecule has 0 aliphatic rings. The molecule has 0 saturated carbocycles. The molecule has 2 heteroatoms. The van der Waals surface area contributed by atoms with Gasteiger partial charge in [0, 0.05) is 0 Å². The van der Waals surface area contributed by atoms with E-state index in [0.29, 0.717) is 0 Å². The van der Waals surface area contributed by atoms with Crippen LogP contribution in [0.1, 0.15) is 6.92 Å². The maximum Gasteiger partial charge on any atom is 0.148 e. The van der Waals surface area contributed by atoms with Crippen LogP contribution in [-0.2, 0) is 0 Å². The molecule has 0 unspecified atom stereocenters.